The highest BCUT2D eigenvalue weighted by Gasteiger charge is 2.19. The van der Waals surface area contributed by atoms with E-state index >= 15 is 0 Å². The third kappa shape index (κ3) is 1.36. The third-order valence-electron chi connectivity index (χ3n) is 2.00. The van der Waals surface area contributed by atoms with Gasteiger partial charge in [0.15, 0.2) is 0 Å². The van der Waals surface area contributed by atoms with Crippen molar-refractivity contribution in [1.82, 2.24) is 0 Å². The first-order chi connectivity index (χ1) is 5.36. The highest BCUT2D eigenvalue weighted by Crippen LogP contribution is 2.34. The van der Waals surface area contributed by atoms with Crippen molar-refractivity contribution < 1.29 is 5.11 Å². The van der Waals surface area contributed by atoms with Crippen LogP contribution in [0.3, 0.4) is 0 Å². The van der Waals surface area contributed by atoms with Gasteiger partial charge in [-0.15, -0.1) is 0 Å². The maximum atomic E-state index is 9.02. The van der Waals surface area contributed by atoms with E-state index in [2.05, 4.69) is 0 Å². The van der Waals surface area contributed by atoms with Crippen molar-refractivity contribution in [1.29, 1.82) is 0 Å². The lowest BCUT2D eigenvalue weighted by Crippen LogP contribution is -2.14. The fraction of sp³-hybridized carbons (Fsp3) is 0.333. The van der Waals surface area contributed by atoms with Gasteiger partial charge in [-0.05, 0) is 17.7 Å². The molecule has 2 heteroatoms. The van der Waals surface area contributed by atoms with Crippen LogP contribution in [0.1, 0.15) is 11.5 Å². The molecule has 1 fully saturated rings. The van der Waals surface area contributed by atoms with Crippen molar-refractivity contribution in [3.05, 3.63) is 29.8 Å². The minimum atomic E-state index is 0.362. The molecule has 1 saturated heterocycles. The van der Waals surface area contributed by atoms with Crippen LogP contribution in [-0.4, -0.2) is 16.6 Å². The largest absolute Gasteiger partial charge is 0.508 e. The lowest BCUT2D eigenvalue weighted by atomic mass is 10.0. The summed E-state index contributed by atoms with van der Waals surface area (Å²) < 4.78 is 0. The predicted molar refractivity (Wildman–Crippen MR) is 48.2 cm³/mol. The second kappa shape index (κ2) is 2.78. The molecule has 0 aliphatic carbocycles. The van der Waals surface area contributed by atoms with Crippen molar-refractivity contribution in [2.75, 3.05) is 11.5 Å². The summed E-state index contributed by atoms with van der Waals surface area (Å²) in [6.45, 7) is 0. The van der Waals surface area contributed by atoms with Gasteiger partial charge >= 0.3 is 0 Å². The van der Waals surface area contributed by atoms with Crippen LogP contribution in [0.15, 0.2) is 24.3 Å². The smallest absolute Gasteiger partial charge is 0.115 e. The Kier molecular flexibility index (Phi) is 1.78. The van der Waals surface area contributed by atoms with E-state index in [1.54, 1.807) is 12.1 Å². The summed E-state index contributed by atoms with van der Waals surface area (Å²) in [5, 5.41) is 9.02. The zero-order valence-electron chi connectivity index (χ0n) is 6.16. The lowest BCUT2D eigenvalue weighted by molar-refractivity contribution is 0.475. The van der Waals surface area contributed by atoms with E-state index in [9.17, 15) is 0 Å². The van der Waals surface area contributed by atoms with Crippen molar-refractivity contribution in [2.45, 2.75) is 5.92 Å². The van der Waals surface area contributed by atoms with Gasteiger partial charge in [-0.3, -0.25) is 0 Å². The second-order valence-electron chi connectivity index (χ2n) is 2.83. The number of phenols is 1. The summed E-state index contributed by atoms with van der Waals surface area (Å²) in [6.07, 6.45) is 0. The highest BCUT2D eigenvalue weighted by molar-refractivity contribution is 8.00. The predicted octanol–water partition coefficient (Wildman–Crippen LogP) is 2.22. The summed E-state index contributed by atoms with van der Waals surface area (Å²) in [6, 6.07) is 7.55. The topological polar surface area (TPSA) is 20.2 Å². The fourth-order valence-electron chi connectivity index (χ4n) is 1.17. The van der Waals surface area contributed by atoms with Gasteiger partial charge in [-0.2, -0.15) is 11.8 Å². The second-order valence-corrected chi connectivity index (χ2v) is 3.90. The molecule has 1 heterocycles. The molecule has 0 atom stereocenters. The molecule has 1 aliphatic heterocycles. The van der Waals surface area contributed by atoms with E-state index in [4.69, 9.17) is 5.11 Å². The Hall–Kier alpha value is -0.630. The molecule has 1 aliphatic rings. The Morgan fingerprint density at radius 2 is 1.82 bits per heavy atom. The average molecular weight is 166 g/mol. The molecule has 0 radical (unpaired) electrons. The van der Waals surface area contributed by atoms with E-state index in [1.165, 1.54) is 17.1 Å². The standard InChI is InChI=1S/C9H10OS/c10-9-3-1-7(2-4-9)8-5-11-6-8/h1-4,8,10H,5-6H2. The van der Waals surface area contributed by atoms with Crippen LogP contribution in [-0.2, 0) is 0 Å². The highest BCUT2D eigenvalue weighted by atomic mass is 32.2. The van der Waals surface area contributed by atoms with Gasteiger partial charge in [0.05, 0.1) is 0 Å². The number of benzene rings is 1. The van der Waals surface area contributed by atoms with Gasteiger partial charge in [-0.25, -0.2) is 0 Å². The molecule has 1 nitrogen and oxygen atoms in total. The molecule has 0 bridgehead atoms. The van der Waals surface area contributed by atoms with Crippen molar-refractivity contribution in [2.24, 2.45) is 0 Å². The summed E-state index contributed by atoms with van der Waals surface area (Å²) in [7, 11) is 0. The number of phenolic OH excluding ortho intramolecular Hbond substituents is 1. The van der Waals surface area contributed by atoms with Gasteiger partial charge in [0.1, 0.15) is 5.75 Å². The first-order valence-corrected chi connectivity index (χ1v) is 4.88. The molecule has 0 saturated carbocycles. The first-order valence-electron chi connectivity index (χ1n) is 3.73. The monoisotopic (exact) mass is 166 g/mol. The van der Waals surface area contributed by atoms with Crippen molar-refractivity contribution in [3.63, 3.8) is 0 Å². The molecule has 0 unspecified atom stereocenters. The Morgan fingerprint density at radius 3 is 2.27 bits per heavy atom. The molecule has 2 rings (SSSR count). The van der Waals surface area contributed by atoms with Crippen LogP contribution in [0.25, 0.3) is 0 Å². The van der Waals surface area contributed by atoms with Crippen molar-refractivity contribution >= 4 is 11.8 Å². The minimum Gasteiger partial charge on any atom is -0.508 e. The summed E-state index contributed by atoms with van der Waals surface area (Å²) in [5.74, 6) is 3.58. The van der Waals surface area contributed by atoms with Gasteiger partial charge in [0, 0.05) is 17.4 Å². The van der Waals surface area contributed by atoms with E-state index in [0.29, 0.717) is 5.75 Å². The minimum absolute atomic E-state index is 0.362. The SMILES string of the molecule is Oc1ccc(C2CSC2)cc1. The number of hydrogen-bond acceptors (Lipinski definition) is 2. The maximum Gasteiger partial charge on any atom is 0.115 e. The van der Waals surface area contributed by atoms with E-state index in [-0.39, 0.29) is 0 Å². The maximum absolute atomic E-state index is 9.02. The quantitative estimate of drug-likeness (QED) is 0.690. The van der Waals surface area contributed by atoms with Crippen LogP contribution in [0.4, 0.5) is 0 Å². The molecule has 0 aromatic heterocycles. The zero-order chi connectivity index (χ0) is 7.68. The summed E-state index contributed by atoms with van der Waals surface area (Å²) in [5.41, 5.74) is 1.36. The Bertz CT molecular complexity index is 238. The van der Waals surface area contributed by atoms with Crippen LogP contribution in [0.2, 0.25) is 0 Å². The fourth-order valence-corrected chi connectivity index (χ4v) is 2.03. The molecule has 0 amide bonds. The molecular formula is C9H10OS. The average Bonchev–Trinajstić information content (AvgIpc) is 1.90. The van der Waals surface area contributed by atoms with Crippen molar-refractivity contribution in [3.8, 4) is 5.75 Å². The lowest BCUT2D eigenvalue weighted by Gasteiger charge is -2.24. The molecular weight excluding hydrogens is 156 g/mol. The molecule has 1 aromatic carbocycles. The van der Waals surface area contributed by atoms with Gasteiger partial charge in [-0.1, -0.05) is 12.1 Å². The van der Waals surface area contributed by atoms with Crippen LogP contribution >= 0.6 is 11.8 Å². The first kappa shape index (κ1) is 7.04. The molecule has 58 valence electrons. The summed E-state index contributed by atoms with van der Waals surface area (Å²) in [4.78, 5) is 0. The van der Waals surface area contributed by atoms with E-state index < -0.39 is 0 Å². The van der Waals surface area contributed by atoms with E-state index in [1.807, 2.05) is 23.9 Å². The Labute approximate surface area is 70.4 Å². The number of hydrogen-bond donors (Lipinski definition) is 1. The molecule has 0 spiro atoms. The van der Waals surface area contributed by atoms with Crippen LogP contribution in [0, 0.1) is 0 Å². The van der Waals surface area contributed by atoms with Crippen LogP contribution in [0.5, 0.6) is 5.75 Å². The molecule has 1 N–H and O–H groups in total. The Morgan fingerprint density at radius 1 is 1.18 bits per heavy atom. The number of aromatic hydroxyl groups is 1. The number of rotatable bonds is 1. The van der Waals surface area contributed by atoms with E-state index in [0.717, 1.165) is 5.92 Å². The summed E-state index contributed by atoms with van der Waals surface area (Å²) >= 11 is 1.98. The Balaban J connectivity index is 2.18. The van der Waals surface area contributed by atoms with Gasteiger partial charge in [0.25, 0.3) is 0 Å². The number of thioether (sulfide) groups is 1. The molecule has 1 aromatic rings. The van der Waals surface area contributed by atoms with Gasteiger partial charge in [0.2, 0.25) is 0 Å². The third-order valence-corrected chi connectivity index (χ3v) is 3.28. The molecule has 11 heavy (non-hydrogen) atoms. The zero-order valence-corrected chi connectivity index (χ0v) is 6.97. The normalized spacial score (nSPS) is 17.8. The van der Waals surface area contributed by atoms with Crippen LogP contribution < -0.4 is 0 Å². The van der Waals surface area contributed by atoms with Gasteiger partial charge < -0.3 is 5.11 Å².